The quantitative estimate of drug-likeness (QED) is 0.640. The van der Waals surface area contributed by atoms with Crippen molar-refractivity contribution >= 4 is 22.4 Å². The highest BCUT2D eigenvalue weighted by atomic mass is 15.3. The van der Waals surface area contributed by atoms with Gasteiger partial charge in [-0.1, -0.05) is 6.42 Å². The van der Waals surface area contributed by atoms with E-state index in [1.807, 2.05) is 12.1 Å². The highest BCUT2D eigenvalue weighted by Crippen LogP contribution is 2.29. The lowest BCUT2D eigenvalue weighted by Gasteiger charge is -2.37. The Morgan fingerprint density at radius 1 is 0.812 bits per heavy atom. The Balaban J connectivity index is 1.15. The zero-order valence-corrected chi connectivity index (χ0v) is 18.6. The van der Waals surface area contributed by atoms with Gasteiger partial charge >= 0.3 is 0 Å². The lowest BCUT2D eigenvalue weighted by molar-refractivity contribution is 0.130. The number of aromatic nitrogens is 2. The van der Waals surface area contributed by atoms with E-state index in [9.17, 15) is 0 Å². The summed E-state index contributed by atoms with van der Waals surface area (Å²) in [5, 5.41) is 9.01. The molecular weight excluding hydrogens is 396 g/mol. The molecule has 2 aromatic carbocycles. The average molecular weight is 427 g/mol. The number of nitrogens with zero attached hydrogens (tertiary/aromatic N) is 6. The Labute approximate surface area is 189 Å². The van der Waals surface area contributed by atoms with Crippen LogP contribution in [0.4, 0.5) is 11.4 Å². The van der Waals surface area contributed by atoms with E-state index in [0.717, 1.165) is 69.4 Å². The first-order chi connectivity index (χ1) is 15.8. The van der Waals surface area contributed by atoms with Crippen LogP contribution in [-0.4, -0.2) is 59.8 Å². The Morgan fingerprint density at radius 2 is 1.53 bits per heavy atom. The van der Waals surface area contributed by atoms with Crippen molar-refractivity contribution in [1.82, 2.24) is 14.5 Å². The van der Waals surface area contributed by atoms with E-state index in [-0.39, 0.29) is 0 Å². The van der Waals surface area contributed by atoms with E-state index in [1.54, 1.807) is 0 Å². The summed E-state index contributed by atoms with van der Waals surface area (Å²) in [7, 11) is 0. The zero-order chi connectivity index (χ0) is 21.5. The minimum absolute atomic E-state index is 0.718. The van der Waals surface area contributed by atoms with Crippen molar-refractivity contribution in [2.75, 3.05) is 49.1 Å². The molecule has 6 heteroatoms. The fourth-order valence-electron chi connectivity index (χ4n) is 5.48. The van der Waals surface area contributed by atoms with Crippen LogP contribution in [0.25, 0.3) is 11.0 Å². The Kier molecular flexibility index (Phi) is 4.99. The monoisotopic (exact) mass is 426 g/mol. The number of hydrogen-bond acceptors (Lipinski definition) is 5. The number of anilines is 2. The fraction of sp³-hybridized carbons (Fsp3) is 0.462. The molecule has 1 aliphatic carbocycles. The van der Waals surface area contributed by atoms with Gasteiger partial charge < -0.3 is 14.4 Å². The van der Waals surface area contributed by atoms with Crippen molar-refractivity contribution in [1.29, 1.82) is 5.26 Å². The minimum Gasteiger partial charge on any atom is -0.368 e. The third kappa shape index (κ3) is 3.51. The highest BCUT2D eigenvalue weighted by molar-refractivity contribution is 5.80. The van der Waals surface area contributed by atoms with Crippen LogP contribution in [-0.2, 0) is 13.0 Å². The van der Waals surface area contributed by atoms with Crippen LogP contribution in [0.1, 0.15) is 30.7 Å². The summed E-state index contributed by atoms with van der Waals surface area (Å²) in [5.41, 5.74) is 5.63. The smallest absolute Gasteiger partial charge is 0.111 e. The largest absolute Gasteiger partial charge is 0.368 e. The van der Waals surface area contributed by atoms with Gasteiger partial charge in [0.1, 0.15) is 5.82 Å². The number of nitriles is 1. The second kappa shape index (κ2) is 8.14. The third-order valence-corrected chi connectivity index (χ3v) is 7.64. The second-order valence-electron chi connectivity index (χ2n) is 9.36. The number of imidazole rings is 1. The molecular formula is C26H30N6. The molecule has 6 rings (SSSR count). The molecule has 3 aromatic rings. The zero-order valence-electron chi connectivity index (χ0n) is 18.6. The van der Waals surface area contributed by atoms with Gasteiger partial charge in [0.15, 0.2) is 0 Å². The molecule has 0 N–H and O–H groups in total. The molecule has 0 radical (unpaired) electrons. The predicted molar refractivity (Wildman–Crippen MR) is 128 cm³/mol. The van der Waals surface area contributed by atoms with Crippen LogP contribution in [0.5, 0.6) is 0 Å². The first kappa shape index (κ1) is 19.6. The molecule has 6 nitrogen and oxygen atoms in total. The van der Waals surface area contributed by atoms with Crippen LogP contribution in [0, 0.1) is 11.3 Å². The maximum Gasteiger partial charge on any atom is 0.111 e. The molecule has 0 spiro atoms. The van der Waals surface area contributed by atoms with Crippen molar-refractivity contribution in [3.05, 3.63) is 53.9 Å². The number of rotatable bonds is 3. The van der Waals surface area contributed by atoms with Crippen molar-refractivity contribution in [2.45, 2.75) is 38.3 Å². The Hall–Kier alpha value is -3.04. The second-order valence-corrected chi connectivity index (χ2v) is 9.36. The molecule has 0 amide bonds. The van der Waals surface area contributed by atoms with Gasteiger partial charge in [-0.15, -0.1) is 0 Å². The van der Waals surface area contributed by atoms with E-state index in [1.165, 1.54) is 42.0 Å². The minimum atomic E-state index is 0.718. The van der Waals surface area contributed by atoms with E-state index in [0.29, 0.717) is 0 Å². The van der Waals surface area contributed by atoms with Gasteiger partial charge in [0.2, 0.25) is 0 Å². The molecule has 1 saturated heterocycles. The Bertz CT molecular complexity index is 1150. The number of benzene rings is 2. The van der Waals surface area contributed by atoms with Crippen LogP contribution >= 0.6 is 0 Å². The molecule has 32 heavy (non-hydrogen) atoms. The molecule has 0 atom stereocenters. The van der Waals surface area contributed by atoms with E-state index in [2.05, 4.69) is 55.7 Å². The molecule has 164 valence electrons. The van der Waals surface area contributed by atoms with Gasteiger partial charge in [0.25, 0.3) is 0 Å². The van der Waals surface area contributed by atoms with Gasteiger partial charge in [-0.25, -0.2) is 4.98 Å². The summed E-state index contributed by atoms with van der Waals surface area (Å²) in [4.78, 5) is 12.6. The average Bonchev–Trinajstić information content (AvgIpc) is 3.04. The van der Waals surface area contributed by atoms with E-state index >= 15 is 0 Å². The first-order valence-electron chi connectivity index (χ1n) is 12.0. The van der Waals surface area contributed by atoms with Gasteiger partial charge in [-0.3, -0.25) is 4.90 Å². The lowest BCUT2D eigenvalue weighted by Crippen LogP contribution is -2.46. The summed E-state index contributed by atoms with van der Waals surface area (Å²) in [5.74, 6) is 1.25. The summed E-state index contributed by atoms with van der Waals surface area (Å²) in [6.07, 6.45) is 5.22. The molecule has 2 aliphatic heterocycles. The number of fused-ring (bicyclic) bond motifs is 3. The predicted octanol–water partition coefficient (Wildman–Crippen LogP) is 3.65. The molecule has 0 bridgehead atoms. The standard InChI is InChI=1S/C26H30N6/c27-19-20-4-6-22(7-5-20)30-12-14-31(15-13-30)23-8-9-25-24(18-23)28-26-10-11-29(16-17-32(25)26)21-2-1-3-21/h4-9,18,21H,1-3,10-17H2. The van der Waals surface area contributed by atoms with Gasteiger partial charge in [0.05, 0.1) is 22.7 Å². The molecule has 1 aromatic heterocycles. The van der Waals surface area contributed by atoms with E-state index < -0.39 is 0 Å². The van der Waals surface area contributed by atoms with Crippen molar-refractivity contribution in [3.63, 3.8) is 0 Å². The molecule has 3 aliphatic rings. The van der Waals surface area contributed by atoms with Crippen molar-refractivity contribution < 1.29 is 0 Å². The maximum absolute atomic E-state index is 9.01. The lowest BCUT2D eigenvalue weighted by atomic mass is 9.91. The van der Waals surface area contributed by atoms with Crippen LogP contribution < -0.4 is 9.80 Å². The van der Waals surface area contributed by atoms with Crippen LogP contribution in [0.3, 0.4) is 0 Å². The van der Waals surface area contributed by atoms with E-state index in [4.69, 9.17) is 10.2 Å². The summed E-state index contributed by atoms with van der Waals surface area (Å²) in [6, 6.07) is 17.8. The Morgan fingerprint density at radius 3 is 2.22 bits per heavy atom. The first-order valence-corrected chi connectivity index (χ1v) is 12.0. The molecule has 0 unspecified atom stereocenters. The SMILES string of the molecule is N#Cc1ccc(N2CCN(c3ccc4c(c3)nc3n4CCN(C4CCC4)CC3)CC2)cc1. The summed E-state index contributed by atoms with van der Waals surface area (Å²) in [6.45, 7) is 7.33. The molecule has 2 fully saturated rings. The van der Waals surface area contributed by atoms with Gasteiger partial charge in [-0.2, -0.15) is 5.26 Å². The third-order valence-electron chi connectivity index (χ3n) is 7.64. The fourth-order valence-corrected chi connectivity index (χ4v) is 5.48. The molecule has 1 saturated carbocycles. The van der Waals surface area contributed by atoms with Crippen molar-refractivity contribution in [3.8, 4) is 6.07 Å². The van der Waals surface area contributed by atoms with Crippen LogP contribution in [0.15, 0.2) is 42.5 Å². The summed E-state index contributed by atoms with van der Waals surface area (Å²) < 4.78 is 2.46. The van der Waals surface area contributed by atoms with Gasteiger partial charge in [-0.05, 0) is 55.3 Å². The molecule has 3 heterocycles. The summed E-state index contributed by atoms with van der Waals surface area (Å²) >= 11 is 0. The maximum atomic E-state index is 9.01. The van der Waals surface area contributed by atoms with Gasteiger partial charge in [0, 0.05) is 69.7 Å². The van der Waals surface area contributed by atoms with Crippen LogP contribution in [0.2, 0.25) is 0 Å². The number of piperazine rings is 1. The number of hydrogen-bond donors (Lipinski definition) is 0. The normalized spacial score (nSPS) is 20.0. The topological polar surface area (TPSA) is 51.3 Å². The highest BCUT2D eigenvalue weighted by Gasteiger charge is 2.27. The van der Waals surface area contributed by atoms with Crippen molar-refractivity contribution in [2.24, 2.45) is 0 Å².